The van der Waals surface area contributed by atoms with Crippen molar-refractivity contribution in [2.75, 3.05) is 0 Å². The van der Waals surface area contributed by atoms with Crippen molar-refractivity contribution < 1.29 is 9.59 Å². The van der Waals surface area contributed by atoms with Crippen molar-refractivity contribution in [3.63, 3.8) is 0 Å². The van der Waals surface area contributed by atoms with Crippen molar-refractivity contribution in [3.8, 4) is 0 Å². The van der Waals surface area contributed by atoms with E-state index in [1.54, 1.807) is 37.3 Å². The molecule has 0 N–H and O–H groups in total. The van der Waals surface area contributed by atoms with Crippen molar-refractivity contribution >= 4 is 46.4 Å². The zero-order valence-corrected chi connectivity index (χ0v) is 13.5. The molecule has 0 saturated carbocycles. The van der Waals surface area contributed by atoms with E-state index in [9.17, 15) is 9.59 Å². The van der Waals surface area contributed by atoms with Gasteiger partial charge in [-0.25, -0.2) is 0 Å². The quantitative estimate of drug-likeness (QED) is 0.559. The lowest BCUT2D eigenvalue weighted by molar-refractivity contribution is 0.0993. The summed E-state index contributed by atoms with van der Waals surface area (Å²) in [6, 6.07) is 17.6. The summed E-state index contributed by atoms with van der Waals surface area (Å²) in [6.07, 6.45) is 0. The molecule has 0 aliphatic heterocycles. The number of hydrogen-bond acceptors (Lipinski definition) is 2. The van der Waals surface area contributed by atoms with Crippen molar-refractivity contribution in [1.29, 1.82) is 0 Å². The molecule has 0 aromatic heterocycles. The largest absolute Gasteiger partial charge is 0.295 e. The lowest BCUT2D eigenvalue weighted by atomic mass is 10.1. The zero-order chi connectivity index (χ0) is 15.9. The number of carbonyl (C=O) groups excluding carboxylic acids is 2. The van der Waals surface area contributed by atoms with E-state index in [0.717, 1.165) is 5.56 Å². The lowest BCUT2D eigenvalue weighted by Gasteiger charge is -2.08. The highest BCUT2D eigenvalue weighted by atomic mass is 35.6. The molecule has 0 fully saturated rings. The Morgan fingerprint density at radius 2 is 1.14 bits per heavy atom. The molecule has 2 rings (SSSR count). The number of rotatable bonds is 2. The van der Waals surface area contributed by atoms with E-state index in [2.05, 4.69) is 0 Å². The average molecular weight is 344 g/mol. The van der Waals surface area contributed by atoms with Gasteiger partial charge in [0.2, 0.25) is 5.78 Å². The molecule has 0 unspecified atom stereocenters. The van der Waals surface area contributed by atoms with Gasteiger partial charge in [-0.2, -0.15) is 0 Å². The average Bonchev–Trinajstić information content (AvgIpc) is 2.48. The first kappa shape index (κ1) is 17.7. The fraction of sp³-hybridized carbons (Fsp3) is 0.125. The molecule has 2 aromatic carbocycles. The molecular weight excluding hydrogens is 331 g/mol. The SMILES string of the molecule is CC(=O)c1ccccc1.O=C(c1ccccc1)C(Cl)(Cl)Cl. The van der Waals surface area contributed by atoms with Gasteiger partial charge in [0.05, 0.1) is 0 Å². The van der Waals surface area contributed by atoms with Crippen LogP contribution in [0.15, 0.2) is 60.7 Å². The van der Waals surface area contributed by atoms with Crippen molar-refractivity contribution in [2.24, 2.45) is 0 Å². The summed E-state index contributed by atoms with van der Waals surface area (Å²) in [5.74, 6) is -0.385. The summed E-state index contributed by atoms with van der Waals surface area (Å²) in [7, 11) is 0. The molecule has 0 atom stereocenters. The third-order valence-electron chi connectivity index (χ3n) is 2.47. The van der Waals surface area contributed by atoms with Gasteiger partial charge in [0.15, 0.2) is 5.78 Å². The molecule has 0 radical (unpaired) electrons. The first-order chi connectivity index (χ1) is 9.82. The van der Waals surface area contributed by atoms with Gasteiger partial charge in [0.1, 0.15) is 0 Å². The van der Waals surface area contributed by atoms with E-state index in [4.69, 9.17) is 34.8 Å². The van der Waals surface area contributed by atoms with E-state index < -0.39 is 9.58 Å². The van der Waals surface area contributed by atoms with Gasteiger partial charge in [-0.1, -0.05) is 95.5 Å². The van der Waals surface area contributed by atoms with E-state index >= 15 is 0 Å². The highest BCUT2D eigenvalue weighted by Gasteiger charge is 2.31. The molecule has 5 heteroatoms. The fourth-order valence-corrected chi connectivity index (χ4v) is 1.75. The van der Waals surface area contributed by atoms with Crippen LogP contribution in [0.3, 0.4) is 0 Å². The van der Waals surface area contributed by atoms with Crippen LogP contribution >= 0.6 is 34.8 Å². The minimum atomic E-state index is -1.86. The van der Waals surface area contributed by atoms with Crippen LogP contribution in [-0.4, -0.2) is 15.4 Å². The van der Waals surface area contributed by atoms with Crippen molar-refractivity contribution in [2.45, 2.75) is 10.7 Å². The Bertz CT molecular complexity index is 590. The fourth-order valence-electron chi connectivity index (χ4n) is 1.43. The smallest absolute Gasteiger partial charge is 0.253 e. The molecule has 0 aliphatic carbocycles. The van der Waals surface area contributed by atoms with Crippen LogP contribution < -0.4 is 0 Å². The molecule has 0 aliphatic rings. The maximum absolute atomic E-state index is 11.3. The summed E-state index contributed by atoms with van der Waals surface area (Å²) in [5.41, 5.74) is 1.18. The molecule has 110 valence electrons. The van der Waals surface area contributed by atoms with Crippen molar-refractivity contribution in [1.82, 2.24) is 0 Å². The standard InChI is InChI=1S/C8H5Cl3O.C8H8O/c9-8(10,11)7(12)6-4-2-1-3-5-6;1-7(9)8-5-3-2-4-6-8/h1-5H;2-6H,1H3. The van der Waals surface area contributed by atoms with Crippen LogP contribution in [0.25, 0.3) is 0 Å². The van der Waals surface area contributed by atoms with Crippen LogP contribution in [0, 0.1) is 0 Å². The van der Waals surface area contributed by atoms with Crippen LogP contribution in [0.5, 0.6) is 0 Å². The number of halogens is 3. The van der Waals surface area contributed by atoms with Crippen LogP contribution in [0.2, 0.25) is 0 Å². The Morgan fingerprint density at radius 3 is 1.43 bits per heavy atom. The van der Waals surface area contributed by atoms with Crippen LogP contribution in [-0.2, 0) is 0 Å². The third-order valence-corrected chi connectivity index (χ3v) is 2.99. The maximum Gasteiger partial charge on any atom is 0.253 e. The predicted octanol–water partition coefficient (Wildman–Crippen LogP) is 5.13. The Hall–Kier alpha value is -1.35. The van der Waals surface area contributed by atoms with Gasteiger partial charge in [0.25, 0.3) is 3.79 Å². The van der Waals surface area contributed by atoms with E-state index in [0.29, 0.717) is 5.56 Å². The number of carbonyl (C=O) groups is 2. The monoisotopic (exact) mass is 342 g/mol. The second-order valence-corrected chi connectivity index (χ2v) is 6.40. The van der Waals surface area contributed by atoms with E-state index in [1.807, 2.05) is 30.3 Å². The normalized spacial score (nSPS) is 10.3. The molecule has 0 spiro atoms. The molecule has 0 heterocycles. The minimum Gasteiger partial charge on any atom is -0.295 e. The van der Waals surface area contributed by atoms with E-state index in [-0.39, 0.29) is 5.78 Å². The number of hydrogen-bond donors (Lipinski definition) is 0. The molecule has 2 nitrogen and oxygen atoms in total. The van der Waals surface area contributed by atoms with Gasteiger partial charge in [-0.05, 0) is 6.92 Å². The lowest BCUT2D eigenvalue weighted by Crippen LogP contribution is -2.18. The Balaban J connectivity index is 0.000000219. The number of benzene rings is 2. The molecule has 0 saturated heterocycles. The van der Waals surface area contributed by atoms with Crippen LogP contribution in [0.1, 0.15) is 27.6 Å². The second-order valence-electron chi connectivity index (χ2n) is 4.12. The summed E-state index contributed by atoms with van der Waals surface area (Å²) < 4.78 is -1.86. The van der Waals surface area contributed by atoms with Crippen molar-refractivity contribution in [3.05, 3.63) is 71.8 Å². The van der Waals surface area contributed by atoms with Gasteiger partial charge in [-0.15, -0.1) is 0 Å². The minimum absolute atomic E-state index is 0.121. The highest BCUT2D eigenvalue weighted by Crippen LogP contribution is 2.30. The number of ketones is 2. The maximum atomic E-state index is 11.3. The summed E-state index contributed by atoms with van der Waals surface area (Å²) in [6.45, 7) is 1.56. The first-order valence-electron chi connectivity index (χ1n) is 6.05. The summed E-state index contributed by atoms with van der Waals surface area (Å²) in [5, 5.41) is 0. The van der Waals surface area contributed by atoms with E-state index in [1.165, 1.54) is 0 Å². The van der Waals surface area contributed by atoms with Crippen LogP contribution in [0.4, 0.5) is 0 Å². The second kappa shape index (κ2) is 8.18. The van der Waals surface area contributed by atoms with Gasteiger partial charge < -0.3 is 0 Å². The first-order valence-corrected chi connectivity index (χ1v) is 7.18. The van der Waals surface area contributed by atoms with Gasteiger partial charge in [0, 0.05) is 11.1 Å². The Labute approximate surface area is 138 Å². The van der Waals surface area contributed by atoms with Gasteiger partial charge in [-0.3, -0.25) is 9.59 Å². The predicted molar refractivity (Wildman–Crippen MR) is 87.5 cm³/mol. The molecule has 0 bridgehead atoms. The number of Topliss-reactive ketones (excluding diaryl/α,β-unsaturated/α-hetero) is 2. The zero-order valence-electron chi connectivity index (χ0n) is 11.2. The highest BCUT2D eigenvalue weighted by molar-refractivity contribution is 6.77. The topological polar surface area (TPSA) is 34.1 Å². The Kier molecular flexibility index (Phi) is 6.90. The third kappa shape index (κ3) is 6.30. The Morgan fingerprint density at radius 1 is 0.762 bits per heavy atom. The molecular formula is C16H13Cl3O2. The molecule has 2 aromatic rings. The molecule has 0 amide bonds. The molecule has 21 heavy (non-hydrogen) atoms. The van der Waals surface area contributed by atoms with Gasteiger partial charge >= 0.3 is 0 Å². The summed E-state index contributed by atoms with van der Waals surface area (Å²) in [4.78, 5) is 21.9. The summed E-state index contributed by atoms with van der Waals surface area (Å²) >= 11 is 16.2. The number of alkyl halides is 3.